The van der Waals surface area contributed by atoms with Gasteiger partial charge in [0.05, 0.1) is 12.4 Å². The average molecular weight is 299 g/mol. The molecule has 0 heterocycles. The Morgan fingerprint density at radius 3 is 2.30 bits per heavy atom. The van der Waals surface area contributed by atoms with Gasteiger partial charge in [0.15, 0.2) is 9.84 Å². The predicted octanol–water partition coefficient (Wildman–Crippen LogP) is 2.04. The third-order valence-electron chi connectivity index (χ3n) is 3.61. The molecule has 0 fully saturated rings. The Labute approximate surface area is 122 Å². The van der Waals surface area contributed by atoms with Gasteiger partial charge in [0.1, 0.15) is 5.75 Å². The molecule has 0 radical (unpaired) electrons. The van der Waals surface area contributed by atoms with Crippen molar-refractivity contribution in [3.05, 3.63) is 29.8 Å². The normalized spacial score (nSPS) is 14.8. The number of benzene rings is 1. The Morgan fingerprint density at radius 2 is 1.85 bits per heavy atom. The maximum atomic E-state index is 11.7. The smallest absolute Gasteiger partial charge is 0.151 e. The molecule has 5 heteroatoms. The number of ether oxygens (including phenoxy) is 1. The van der Waals surface area contributed by atoms with Gasteiger partial charge in [-0.2, -0.15) is 0 Å². The highest BCUT2D eigenvalue weighted by molar-refractivity contribution is 7.91. The van der Waals surface area contributed by atoms with Gasteiger partial charge in [-0.1, -0.05) is 19.1 Å². The summed E-state index contributed by atoms with van der Waals surface area (Å²) in [6, 6.07) is 7.88. The van der Waals surface area contributed by atoms with Crippen LogP contribution in [-0.4, -0.2) is 39.6 Å². The highest BCUT2D eigenvalue weighted by atomic mass is 32.2. The van der Waals surface area contributed by atoms with Gasteiger partial charge in [0.2, 0.25) is 0 Å². The SMILES string of the molecule is CCNC(CCc1ccc(OC)cc1)C(C)S(C)(=O)=O. The Balaban J connectivity index is 2.66. The molecule has 0 aliphatic carbocycles. The monoisotopic (exact) mass is 299 g/mol. The molecular weight excluding hydrogens is 274 g/mol. The lowest BCUT2D eigenvalue weighted by molar-refractivity contribution is 0.414. The Kier molecular flexibility index (Phi) is 6.49. The molecule has 1 aromatic rings. The van der Waals surface area contributed by atoms with E-state index >= 15 is 0 Å². The zero-order chi connectivity index (χ0) is 15.2. The largest absolute Gasteiger partial charge is 0.497 e. The number of hydrogen-bond donors (Lipinski definition) is 1. The summed E-state index contributed by atoms with van der Waals surface area (Å²) < 4.78 is 28.5. The summed E-state index contributed by atoms with van der Waals surface area (Å²) in [5.41, 5.74) is 1.19. The lowest BCUT2D eigenvalue weighted by Gasteiger charge is -2.23. The maximum absolute atomic E-state index is 11.7. The zero-order valence-corrected chi connectivity index (χ0v) is 13.5. The van der Waals surface area contributed by atoms with Gasteiger partial charge in [-0.3, -0.25) is 0 Å². The molecule has 1 aromatic carbocycles. The second-order valence-electron chi connectivity index (χ2n) is 5.09. The van der Waals surface area contributed by atoms with Gasteiger partial charge < -0.3 is 10.1 Å². The van der Waals surface area contributed by atoms with E-state index in [4.69, 9.17) is 4.74 Å². The van der Waals surface area contributed by atoms with Crippen LogP contribution in [0, 0.1) is 0 Å². The van der Waals surface area contributed by atoms with Crippen molar-refractivity contribution in [2.24, 2.45) is 0 Å². The fourth-order valence-electron chi connectivity index (χ4n) is 2.18. The van der Waals surface area contributed by atoms with Crippen LogP contribution in [0.1, 0.15) is 25.8 Å². The lowest BCUT2D eigenvalue weighted by Crippen LogP contribution is -2.42. The van der Waals surface area contributed by atoms with Crippen molar-refractivity contribution in [3.63, 3.8) is 0 Å². The molecule has 114 valence electrons. The third-order valence-corrected chi connectivity index (χ3v) is 5.29. The summed E-state index contributed by atoms with van der Waals surface area (Å²) in [7, 11) is -1.38. The number of hydrogen-bond acceptors (Lipinski definition) is 4. The van der Waals surface area contributed by atoms with E-state index in [1.807, 2.05) is 31.2 Å². The molecule has 4 nitrogen and oxygen atoms in total. The molecule has 0 saturated heterocycles. The third kappa shape index (κ3) is 5.13. The van der Waals surface area contributed by atoms with E-state index in [0.29, 0.717) is 0 Å². The van der Waals surface area contributed by atoms with Crippen molar-refractivity contribution in [1.82, 2.24) is 5.32 Å². The molecule has 2 atom stereocenters. The highest BCUT2D eigenvalue weighted by Crippen LogP contribution is 2.15. The van der Waals surface area contributed by atoms with Crippen LogP contribution in [0.25, 0.3) is 0 Å². The number of aryl methyl sites for hydroxylation is 1. The van der Waals surface area contributed by atoms with Crippen LogP contribution in [0.15, 0.2) is 24.3 Å². The minimum atomic E-state index is -3.02. The van der Waals surface area contributed by atoms with Crippen LogP contribution in [-0.2, 0) is 16.3 Å². The summed E-state index contributed by atoms with van der Waals surface area (Å²) in [6.45, 7) is 4.54. The van der Waals surface area contributed by atoms with Crippen molar-refractivity contribution in [1.29, 1.82) is 0 Å². The van der Waals surface area contributed by atoms with Gasteiger partial charge in [0, 0.05) is 12.3 Å². The van der Waals surface area contributed by atoms with Crippen molar-refractivity contribution >= 4 is 9.84 Å². The molecule has 0 amide bonds. The van der Waals surface area contributed by atoms with E-state index in [1.165, 1.54) is 11.8 Å². The first-order chi connectivity index (χ1) is 9.38. The topological polar surface area (TPSA) is 55.4 Å². The standard InChI is InChI=1S/C15H25NO3S/c1-5-16-15(12(2)20(4,17)18)11-8-13-6-9-14(19-3)10-7-13/h6-7,9-10,12,15-16H,5,8,11H2,1-4H3. The molecule has 20 heavy (non-hydrogen) atoms. The summed E-state index contributed by atoms with van der Waals surface area (Å²) in [5.74, 6) is 0.835. The molecule has 0 bridgehead atoms. The van der Waals surface area contributed by atoms with Gasteiger partial charge in [0.25, 0.3) is 0 Å². The first kappa shape index (κ1) is 17.0. The number of sulfone groups is 1. The molecule has 0 aliphatic heterocycles. The van der Waals surface area contributed by atoms with E-state index in [2.05, 4.69) is 5.32 Å². The average Bonchev–Trinajstić information content (AvgIpc) is 2.42. The van der Waals surface area contributed by atoms with Crippen LogP contribution in [0.4, 0.5) is 0 Å². The minimum Gasteiger partial charge on any atom is -0.497 e. The van der Waals surface area contributed by atoms with E-state index in [1.54, 1.807) is 14.0 Å². The number of rotatable bonds is 8. The zero-order valence-electron chi connectivity index (χ0n) is 12.7. The second kappa shape index (κ2) is 7.64. The van der Waals surface area contributed by atoms with Gasteiger partial charge in [-0.25, -0.2) is 8.42 Å². The van der Waals surface area contributed by atoms with Crippen LogP contribution in [0.2, 0.25) is 0 Å². The molecule has 2 unspecified atom stereocenters. The minimum absolute atomic E-state index is 0.0166. The molecule has 0 saturated carbocycles. The lowest BCUT2D eigenvalue weighted by atomic mass is 10.0. The number of methoxy groups -OCH3 is 1. The fraction of sp³-hybridized carbons (Fsp3) is 0.600. The summed E-state index contributed by atoms with van der Waals surface area (Å²) in [6.07, 6.45) is 2.95. The van der Waals surface area contributed by atoms with Crippen LogP contribution >= 0.6 is 0 Å². The molecule has 0 aliphatic rings. The summed E-state index contributed by atoms with van der Waals surface area (Å²) in [5, 5.41) is 2.90. The molecule has 0 aromatic heterocycles. The quantitative estimate of drug-likeness (QED) is 0.798. The van der Waals surface area contributed by atoms with Gasteiger partial charge in [-0.15, -0.1) is 0 Å². The van der Waals surface area contributed by atoms with Crippen molar-refractivity contribution in [2.45, 2.75) is 38.0 Å². The summed E-state index contributed by atoms with van der Waals surface area (Å²) >= 11 is 0. The highest BCUT2D eigenvalue weighted by Gasteiger charge is 2.24. The molecule has 1 rings (SSSR count). The number of nitrogens with one attached hydrogen (secondary N) is 1. The molecule has 0 spiro atoms. The second-order valence-corrected chi connectivity index (χ2v) is 7.49. The Bertz CT molecular complexity index is 496. The van der Waals surface area contributed by atoms with Crippen molar-refractivity contribution in [2.75, 3.05) is 19.9 Å². The molecule has 1 N–H and O–H groups in total. The predicted molar refractivity (Wildman–Crippen MR) is 83.1 cm³/mol. The maximum Gasteiger partial charge on any atom is 0.151 e. The fourth-order valence-corrected chi connectivity index (χ4v) is 3.01. The van der Waals surface area contributed by atoms with E-state index < -0.39 is 9.84 Å². The summed E-state index contributed by atoms with van der Waals surface area (Å²) in [4.78, 5) is 0. The molecular formula is C15H25NO3S. The van der Waals surface area contributed by atoms with Crippen LogP contribution in [0.3, 0.4) is 0 Å². The van der Waals surface area contributed by atoms with Crippen LogP contribution < -0.4 is 10.1 Å². The Morgan fingerprint density at radius 1 is 1.25 bits per heavy atom. The van der Waals surface area contributed by atoms with Crippen molar-refractivity contribution in [3.8, 4) is 5.75 Å². The van der Waals surface area contributed by atoms with E-state index in [9.17, 15) is 8.42 Å². The van der Waals surface area contributed by atoms with Crippen molar-refractivity contribution < 1.29 is 13.2 Å². The van der Waals surface area contributed by atoms with Crippen LogP contribution in [0.5, 0.6) is 5.75 Å². The first-order valence-electron chi connectivity index (χ1n) is 6.93. The van der Waals surface area contributed by atoms with Gasteiger partial charge >= 0.3 is 0 Å². The van der Waals surface area contributed by atoms with Gasteiger partial charge in [-0.05, 0) is 44.0 Å². The first-order valence-corrected chi connectivity index (χ1v) is 8.89. The van der Waals surface area contributed by atoms with E-state index in [0.717, 1.165) is 25.1 Å². The van der Waals surface area contributed by atoms with E-state index in [-0.39, 0.29) is 11.3 Å². The Hall–Kier alpha value is -1.07.